The Balaban J connectivity index is 2.43. The number of nitrogen functional groups attached to an aromatic ring is 1. The zero-order valence-electron chi connectivity index (χ0n) is 11.6. The normalized spacial score (nSPS) is 10.0. The number of rotatable bonds is 5. The van der Waals surface area contributed by atoms with E-state index in [2.05, 4.69) is 5.32 Å². The molecular formula is C14H15N3O4. The number of nitro groups is 1. The molecule has 110 valence electrons. The Morgan fingerprint density at radius 2 is 1.90 bits per heavy atom. The van der Waals surface area contributed by atoms with E-state index in [0.29, 0.717) is 22.9 Å². The Labute approximate surface area is 121 Å². The maximum Gasteiger partial charge on any atom is 0.315 e. The first-order chi connectivity index (χ1) is 10.1. The van der Waals surface area contributed by atoms with Gasteiger partial charge < -0.3 is 20.5 Å². The van der Waals surface area contributed by atoms with Gasteiger partial charge in [-0.15, -0.1) is 0 Å². The first-order valence-corrected chi connectivity index (χ1v) is 6.08. The summed E-state index contributed by atoms with van der Waals surface area (Å²) in [4.78, 5) is 10.6. The number of nitrogens with two attached hydrogens (primary N) is 1. The highest BCUT2D eigenvalue weighted by Gasteiger charge is 2.18. The van der Waals surface area contributed by atoms with E-state index < -0.39 is 4.92 Å². The first kappa shape index (κ1) is 14.4. The predicted molar refractivity (Wildman–Crippen MR) is 80.3 cm³/mol. The second-order valence-electron chi connectivity index (χ2n) is 4.19. The van der Waals surface area contributed by atoms with Crippen LogP contribution < -0.4 is 20.5 Å². The fourth-order valence-electron chi connectivity index (χ4n) is 1.91. The predicted octanol–water partition coefficient (Wildman–Crippen LogP) is 2.94. The molecule has 0 unspecified atom stereocenters. The third-order valence-electron chi connectivity index (χ3n) is 2.93. The van der Waals surface area contributed by atoms with Crippen molar-refractivity contribution in [2.45, 2.75) is 0 Å². The summed E-state index contributed by atoms with van der Waals surface area (Å²) in [6.45, 7) is 0. The standard InChI is InChI=1S/C14H15N3O4/c1-20-9-6-7-11(13(8-9)21-2)16-12-5-3-4-10(15)14(12)17(18)19/h3-8,16H,15H2,1-2H3. The number of nitrogens with zero attached hydrogens (tertiary/aromatic N) is 1. The quantitative estimate of drug-likeness (QED) is 0.498. The average molecular weight is 289 g/mol. The highest BCUT2D eigenvalue weighted by atomic mass is 16.6. The second-order valence-corrected chi connectivity index (χ2v) is 4.19. The topological polar surface area (TPSA) is 99.7 Å². The van der Waals surface area contributed by atoms with Crippen molar-refractivity contribution in [1.29, 1.82) is 0 Å². The van der Waals surface area contributed by atoms with E-state index in [1.807, 2.05) is 0 Å². The van der Waals surface area contributed by atoms with Gasteiger partial charge >= 0.3 is 5.69 Å². The average Bonchev–Trinajstić information content (AvgIpc) is 2.47. The minimum atomic E-state index is -0.520. The lowest BCUT2D eigenvalue weighted by molar-refractivity contribution is -0.383. The van der Waals surface area contributed by atoms with Crippen LogP contribution in [0, 0.1) is 10.1 Å². The smallest absolute Gasteiger partial charge is 0.315 e. The molecule has 0 bridgehead atoms. The van der Waals surface area contributed by atoms with Crippen molar-refractivity contribution >= 4 is 22.7 Å². The molecule has 0 aliphatic carbocycles. The molecule has 0 amide bonds. The monoisotopic (exact) mass is 289 g/mol. The number of benzene rings is 2. The molecule has 0 radical (unpaired) electrons. The van der Waals surface area contributed by atoms with E-state index in [4.69, 9.17) is 15.2 Å². The lowest BCUT2D eigenvalue weighted by atomic mass is 10.2. The first-order valence-electron chi connectivity index (χ1n) is 6.08. The van der Waals surface area contributed by atoms with E-state index >= 15 is 0 Å². The van der Waals surface area contributed by atoms with Crippen molar-refractivity contribution in [3.8, 4) is 11.5 Å². The largest absolute Gasteiger partial charge is 0.497 e. The van der Waals surface area contributed by atoms with Gasteiger partial charge in [-0.05, 0) is 24.3 Å². The van der Waals surface area contributed by atoms with Gasteiger partial charge in [-0.25, -0.2) is 0 Å². The summed E-state index contributed by atoms with van der Waals surface area (Å²) in [5, 5.41) is 14.1. The molecule has 2 rings (SSSR count). The van der Waals surface area contributed by atoms with Crippen LogP contribution in [0.4, 0.5) is 22.7 Å². The minimum absolute atomic E-state index is 0.0949. The van der Waals surface area contributed by atoms with Crippen LogP contribution in [0.5, 0.6) is 11.5 Å². The lowest BCUT2D eigenvalue weighted by Gasteiger charge is -2.13. The number of nitro benzene ring substituents is 1. The third kappa shape index (κ3) is 2.97. The number of anilines is 3. The number of para-hydroxylation sites is 1. The molecule has 0 aliphatic rings. The van der Waals surface area contributed by atoms with Crippen LogP contribution in [0.25, 0.3) is 0 Å². The molecule has 0 fully saturated rings. The maximum atomic E-state index is 11.1. The van der Waals surface area contributed by atoms with E-state index in [9.17, 15) is 10.1 Å². The van der Waals surface area contributed by atoms with Crippen LogP contribution in [0.2, 0.25) is 0 Å². The highest BCUT2D eigenvalue weighted by molar-refractivity contribution is 5.80. The zero-order chi connectivity index (χ0) is 15.4. The number of hydrogen-bond donors (Lipinski definition) is 2. The molecule has 7 heteroatoms. The van der Waals surface area contributed by atoms with Gasteiger partial charge in [0.2, 0.25) is 0 Å². The third-order valence-corrected chi connectivity index (χ3v) is 2.93. The van der Waals surface area contributed by atoms with E-state index in [1.165, 1.54) is 13.2 Å². The molecule has 0 atom stereocenters. The summed E-state index contributed by atoms with van der Waals surface area (Å²) in [6, 6.07) is 9.82. The van der Waals surface area contributed by atoms with Gasteiger partial charge in [0.05, 0.1) is 24.8 Å². The Hall–Kier alpha value is -2.96. The van der Waals surface area contributed by atoms with Crippen LogP contribution >= 0.6 is 0 Å². The van der Waals surface area contributed by atoms with Crippen molar-refractivity contribution in [3.63, 3.8) is 0 Å². The van der Waals surface area contributed by atoms with E-state index in [0.717, 1.165) is 0 Å². The molecule has 0 saturated heterocycles. The Bertz CT molecular complexity index is 673. The van der Waals surface area contributed by atoms with Gasteiger partial charge in [0.1, 0.15) is 22.9 Å². The van der Waals surface area contributed by atoms with Crippen molar-refractivity contribution in [3.05, 3.63) is 46.5 Å². The van der Waals surface area contributed by atoms with Gasteiger partial charge in [0.25, 0.3) is 0 Å². The lowest BCUT2D eigenvalue weighted by Crippen LogP contribution is -2.02. The van der Waals surface area contributed by atoms with Gasteiger partial charge in [-0.1, -0.05) is 6.07 Å². The Kier molecular flexibility index (Phi) is 4.13. The number of ether oxygens (including phenoxy) is 2. The molecule has 0 saturated carbocycles. The molecule has 0 spiro atoms. The van der Waals surface area contributed by atoms with Crippen LogP contribution in [-0.4, -0.2) is 19.1 Å². The minimum Gasteiger partial charge on any atom is -0.497 e. The molecule has 0 heterocycles. The van der Waals surface area contributed by atoms with Crippen molar-refractivity contribution in [2.24, 2.45) is 0 Å². The number of methoxy groups -OCH3 is 2. The van der Waals surface area contributed by atoms with E-state index in [-0.39, 0.29) is 11.4 Å². The fourth-order valence-corrected chi connectivity index (χ4v) is 1.91. The summed E-state index contributed by atoms with van der Waals surface area (Å²) in [7, 11) is 3.05. The summed E-state index contributed by atoms with van der Waals surface area (Å²) in [5.41, 5.74) is 6.45. The SMILES string of the molecule is COc1ccc(Nc2cccc(N)c2[N+](=O)[O-])c(OC)c1. The van der Waals surface area contributed by atoms with Crippen LogP contribution in [0.3, 0.4) is 0 Å². The summed E-state index contributed by atoms with van der Waals surface area (Å²) >= 11 is 0. The van der Waals surface area contributed by atoms with Crippen molar-refractivity contribution < 1.29 is 14.4 Å². The highest BCUT2D eigenvalue weighted by Crippen LogP contribution is 2.36. The maximum absolute atomic E-state index is 11.1. The van der Waals surface area contributed by atoms with Crippen molar-refractivity contribution in [1.82, 2.24) is 0 Å². The second kappa shape index (κ2) is 6.00. The molecule has 2 aromatic rings. The van der Waals surface area contributed by atoms with E-state index in [1.54, 1.807) is 37.4 Å². The van der Waals surface area contributed by atoms with Crippen LogP contribution in [0.1, 0.15) is 0 Å². The molecule has 2 aromatic carbocycles. The summed E-state index contributed by atoms with van der Waals surface area (Å²) < 4.78 is 10.4. The number of hydrogen-bond acceptors (Lipinski definition) is 6. The molecular weight excluding hydrogens is 274 g/mol. The molecule has 0 aromatic heterocycles. The van der Waals surface area contributed by atoms with Crippen LogP contribution in [-0.2, 0) is 0 Å². The van der Waals surface area contributed by atoms with Crippen molar-refractivity contribution in [2.75, 3.05) is 25.3 Å². The fraction of sp³-hybridized carbons (Fsp3) is 0.143. The molecule has 21 heavy (non-hydrogen) atoms. The van der Waals surface area contributed by atoms with Crippen LogP contribution in [0.15, 0.2) is 36.4 Å². The van der Waals surface area contributed by atoms with Gasteiger partial charge in [0, 0.05) is 6.07 Å². The molecule has 0 aliphatic heterocycles. The number of nitrogens with one attached hydrogen (secondary N) is 1. The zero-order valence-corrected chi connectivity index (χ0v) is 11.6. The summed E-state index contributed by atoms with van der Waals surface area (Å²) in [6.07, 6.45) is 0. The molecule has 7 nitrogen and oxygen atoms in total. The Morgan fingerprint density at radius 3 is 2.52 bits per heavy atom. The van der Waals surface area contributed by atoms with Gasteiger partial charge in [-0.2, -0.15) is 0 Å². The summed E-state index contributed by atoms with van der Waals surface area (Å²) in [5.74, 6) is 1.13. The molecule has 3 N–H and O–H groups in total. The van der Waals surface area contributed by atoms with Gasteiger partial charge in [0.15, 0.2) is 0 Å². The Morgan fingerprint density at radius 1 is 1.14 bits per heavy atom. The van der Waals surface area contributed by atoms with Gasteiger partial charge in [-0.3, -0.25) is 10.1 Å².